The van der Waals surface area contributed by atoms with Gasteiger partial charge in [0.1, 0.15) is 18.6 Å². The molecule has 13 heteroatoms. The molecule has 1 N–H and O–H groups in total. The lowest BCUT2D eigenvalue weighted by atomic mass is 9.99. The van der Waals surface area contributed by atoms with E-state index in [1.54, 1.807) is 0 Å². The van der Waals surface area contributed by atoms with E-state index in [9.17, 15) is 18.8 Å². The molecule has 1 amide bonds. The highest BCUT2D eigenvalue weighted by Gasteiger charge is 2.36. The fourth-order valence-corrected chi connectivity index (χ4v) is 6.75. The zero-order valence-corrected chi connectivity index (χ0v) is 25.3. The van der Waals surface area contributed by atoms with E-state index in [4.69, 9.17) is 14.7 Å². The number of aromatic amines is 1. The Bertz CT molecular complexity index is 1640. The number of amides is 1. The Balaban J connectivity index is 1.34. The second kappa shape index (κ2) is 12.0. The number of nitrogens with zero attached hydrogens (tertiary/aromatic N) is 8. The third-order valence-electron chi connectivity index (χ3n) is 9.21. The Hall–Kier alpha value is -4.31. The molecule has 5 heterocycles. The molecule has 3 aromatic rings. The van der Waals surface area contributed by atoms with Gasteiger partial charge in [0.2, 0.25) is 0 Å². The first-order chi connectivity index (χ1) is 21.1. The van der Waals surface area contributed by atoms with Gasteiger partial charge >= 0.3 is 6.01 Å². The number of H-pyrrole nitrogens is 1. The number of carbonyl (C=O) groups is 1. The van der Waals surface area contributed by atoms with Crippen LogP contribution in [0.25, 0.3) is 10.9 Å². The summed E-state index contributed by atoms with van der Waals surface area (Å²) >= 11 is 0. The number of fused-ring (bicyclic) bond motifs is 2. The first-order valence-corrected chi connectivity index (χ1v) is 15.0. The number of ether oxygens (including phenoxy) is 1. The van der Waals surface area contributed by atoms with E-state index in [0.717, 1.165) is 40.0 Å². The summed E-state index contributed by atoms with van der Waals surface area (Å²) in [7, 11) is 1.88. The molecule has 0 bridgehead atoms. The number of nitriles is 1. The van der Waals surface area contributed by atoms with E-state index < -0.39 is 23.9 Å². The molecule has 3 atom stereocenters. The number of hydrogen-bond acceptors (Lipinski definition) is 9. The summed E-state index contributed by atoms with van der Waals surface area (Å²) in [6, 6.07) is 3.83. The summed E-state index contributed by atoms with van der Waals surface area (Å²) in [6.07, 6.45) is 2.06. The molecule has 0 saturated carbocycles. The highest BCUT2D eigenvalue weighted by atomic mass is 19.1. The predicted octanol–water partition coefficient (Wildman–Crippen LogP) is 3.37. The number of benzene rings is 1. The quantitative estimate of drug-likeness (QED) is 0.405. The third-order valence-corrected chi connectivity index (χ3v) is 9.21. The van der Waals surface area contributed by atoms with Crippen LogP contribution in [0.2, 0.25) is 0 Å². The number of aromatic nitrogens is 4. The minimum atomic E-state index is -1.04. The van der Waals surface area contributed by atoms with Crippen LogP contribution in [0.1, 0.15) is 35.2 Å². The molecule has 44 heavy (non-hydrogen) atoms. The molecule has 2 aromatic heterocycles. The van der Waals surface area contributed by atoms with Crippen molar-refractivity contribution in [2.45, 2.75) is 57.9 Å². The van der Waals surface area contributed by atoms with E-state index in [1.807, 2.05) is 23.0 Å². The zero-order valence-electron chi connectivity index (χ0n) is 25.3. The second-order valence-electron chi connectivity index (χ2n) is 12.0. The smallest absolute Gasteiger partial charge is 0.318 e. The van der Waals surface area contributed by atoms with Crippen LogP contribution >= 0.6 is 0 Å². The van der Waals surface area contributed by atoms with Gasteiger partial charge in [-0.1, -0.05) is 6.58 Å². The van der Waals surface area contributed by atoms with Gasteiger partial charge in [-0.15, -0.1) is 0 Å². The van der Waals surface area contributed by atoms with E-state index in [-0.39, 0.29) is 31.6 Å². The van der Waals surface area contributed by atoms with Crippen LogP contribution in [-0.2, 0) is 17.8 Å². The minimum Gasteiger partial charge on any atom is -0.462 e. The summed E-state index contributed by atoms with van der Waals surface area (Å²) in [5, 5.41) is 17.9. The van der Waals surface area contributed by atoms with Crippen LogP contribution < -0.4 is 14.5 Å². The van der Waals surface area contributed by atoms with Gasteiger partial charge in [-0.25, -0.2) is 8.78 Å². The van der Waals surface area contributed by atoms with E-state index in [0.29, 0.717) is 44.8 Å². The summed E-state index contributed by atoms with van der Waals surface area (Å²) in [5.74, 6) is -1.14. The number of piperazine rings is 1. The maximum absolute atomic E-state index is 14.0. The number of anilines is 2. The lowest BCUT2D eigenvalue weighted by Gasteiger charge is -2.42. The van der Waals surface area contributed by atoms with Crippen molar-refractivity contribution < 1.29 is 18.3 Å². The largest absolute Gasteiger partial charge is 0.462 e. The third kappa shape index (κ3) is 5.54. The number of aryl methyl sites for hydroxylation is 1. The Morgan fingerprint density at radius 2 is 2.02 bits per heavy atom. The monoisotopic (exact) mass is 605 g/mol. The van der Waals surface area contributed by atoms with Gasteiger partial charge in [-0.2, -0.15) is 20.3 Å². The van der Waals surface area contributed by atoms with Gasteiger partial charge in [0.15, 0.2) is 5.83 Å². The second-order valence-corrected chi connectivity index (χ2v) is 12.0. The van der Waals surface area contributed by atoms with Gasteiger partial charge in [0.25, 0.3) is 5.91 Å². The summed E-state index contributed by atoms with van der Waals surface area (Å²) in [4.78, 5) is 29.9. The van der Waals surface area contributed by atoms with E-state index in [2.05, 4.69) is 47.7 Å². The number of nitrogens with one attached hydrogen (secondary N) is 1. The highest BCUT2D eigenvalue weighted by molar-refractivity contribution is 5.94. The van der Waals surface area contributed by atoms with Crippen LogP contribution in [0.3, 0.4) is 0 Å². The molecule has 0 radical (unpaired) electrons. The van der Waals surface area contributed by atoms with Crippen molar-refractivity contribution in [2.75, 3.05) is 56.2 Å². The van der Waals surface area contributed by atoms with Gasteiger partial charge in [-0.05, 0) is 50.9 Å². The maximum atomic E-state index is 14.0. The summed E-state index contributed by atoms with van der Waals surface area (Å²) in [5.41, 5.74) is 6.22. The number of likely N-dealkylation sites (tertiary alicyclic amines) is 1. The average Bonchev–Trinajstić information content (AvgIpc) is 3.59. The van der Waals surface area contributed by atoms with Crippen LogP contribution in [0, 0.1) is 25.2 Å². The van der Waals surface area contributed by atoms with Crippen LogP contribution in [0.15, 0.2) is 24.7 Å². The van der Waals surface area contributed by atoms with Crippen LogP contribution in [-0.4, -0.2) is 101 Å². The number of rotatable bonds is 7. The fraction of sp³-hybridized carbons (Fsp3) is 0.516. The van der Waals surface area contributed by atoms with Gasteiger partial charge in [0.05, 0.1) is 48.2 Å². The van der Waals surface area contributed by atoms with Gasteiger partial charge < -0.3 is 19.4 Å². The molecular formula is C31H37F2N9O2. The first kappa shape index (κ1) is 29.7. The van der Waals surface area contributed by atoms with Crippen molar-refractivity contribution in [1.82, 2.24) is 30.0 Å². The molecule has 2 saturated heterocycles. The van der Waals surface area contributed by atoms with Crippen molar-refractivity contribution >= 4 is 28.3 Å². The Morgan fingerprint density at radius 1 is 1.20 bits per heavy atom. The molecule has 3 aliphatic rings. The minimum absolute atomic E-state index is 0.0473. The van der Waals surface area contributed by atoms with Crippen LogP contribution in [0.5, 0.6) is 6.01 Å². The van der Waals surface area contributed by atoms with Crippen molar-refractivity contribution in [3.8, 4) is 12.1 Å². The maximum Gasteiger partial charge on any atom is 0.318 e. The highest BCUT2D eigenvalue weighted by Crippen LogP contribution is 2.37. The number of likely N-dealkylation sites (N-methyl/N-ethyl adjacent to an activating group) is 1. The Labute approximate surface area is 255 Å². The number of alkyl halides is 1. The van der Waals surface area contributed by atoms with Gasteiger partial charge in [0, 0.05) is 49.7 Å². The molecule has 6 rings (SSSR count). The normalized spacial score (nSPS) is 22.3. The number of carbonyl (C=O) groups excluding carboxylic acids is 1. The van der Waals surface area contributed by atoms with Crippen LogP contribution in [0.4, 0.5) is 20.3 Å². The van der Waals surface area contributed by atoms with Gasteiger partial charge in [-0.3, -0.25) is 14.8 Å². The first-order valence-electron chi connectivity index (χ1n) is 15.0. The molecule has 0 aliphatic carbocycles. The zero-order chi connectivity index (χ0) is 31.1. The number of halogens is 2. The van der Waals surface area contributed by atoms with Crippen molar-refractivity contribution in [2.24, 2.45) is 0 Å². The Morgan fingerprint density at radius 3 is 2.75 bits per heavy atom. The van der Waals surface area contributed by atoms with E-state index >= 15 is 0 Å². The van der Waals surface area contributed by atoms with Crippen molar-refractivity contribution in [1.29, 1.82) is 5.26 Å². The average molecular weight is 606 g/mol. The molecular weight excluding hydrogens is 568 g/mol. The molecule has 232 valence electrons. The molecule has 3 aliphatic heterocycles. The Kier molecular flexibility index (Phi) is 8.11. The molecule has 1 aromatic carbocycles. The van der Waals surface area contributed by atoms with E-state index in [1.165, 1.54) is 10.5 Å². The predicted molar refractivity (Wildman–Crippen MR) is 162 cm³/mol. The fourth-order valence-electron chi connectivity index (χ4n) is 6.75. The molecule has 1 unspecified atom stereocenters. The molecule has 2 fully saturated rings. The molecule has 11 nitrogen and oxygen atoms in total. The SMILES string of the molecule is C=C(F)C(=O)N1CCN(c2nc(OC[C@@H]3C[C@@H](F)CN3C)nc3c2CCN(c2c(C)c(C)cc4[nH]ncc24)C3)CC1CC#N. The standard InChI is InChI=1S/C31H37F2N9O2/c1-18-11-26-25(13-35-38-26)28(19(18)2)40-8-6-24-27(16-40)36-31(44-17-23-12-21(33)14-39(23)4)37-29(24)41-9-10-42(30(43)20(3)32)22(15-41)5-7-34/h11,13,21-23H,3,5-6,8-10,12,14-17H2,1-2,4H3,(H,35,38)/t21-,22?,23+/m1/s1. The van der Waals surface area contributed by atoms with Crippen molar-refractivity contribution in [3.63, 3.8) is 0 Å². The van der Waals surface area contributed by atoms with Crippen molar-refractivity contribution in [3.05, 3.63) is 47.1 Å². The summed E-state index contributed by atoms with van der Waals surface area (Å²) in [6.45, 7) is 10.2. The molecule has 0 spiro atoms. The summed E-state index contributed by atoms with van der Waals surface area (Å²) < 4.78 is 34.0. The lowest BCUT2D eigenvalue weighted by molar-refractivity contribution is -0.131. The number of hydrogen-bond donors (Lipinski definition) is 1. The topological polar surface area (TPSA) is 118 Å². The lowest BCUT2D eigenvalue weighted by Crippen LogP contribution is -2.55.